The minimum absolute atomic E-state index is 0.372. The summed E-state index contributed by atoms with van der Waals surface area (Å²) in [5, 5.41) is 4.47. The molecule has 1 N–H and O–H groups in total. The molecule has 116 valence electrons. The van der Waals surface area contributed by atoms with E-state index in [0.29, 0.717) is 12.0 Å². The second-order valence-corrected chi connectivity index (χ2v) is 6.27. The second-order valence-electron chi connectivity index (χ2n) is 5.83. The predicted molar refractivity (Wildman–Crippen MR) is 89.2 cm³/mol. The Labute approximate surface area is 136 Å². The minimum atomic E-state index is 0.372. The number of ether oxygens (including phenoxy) is 1. The van der Waals surface area contributed by atoms with Gasteiger partial charge >= 0.3 is 0 Å². The number of methoxy groups -OCH3 is 1. The third kappa shape index (κ3) is 3.60. The summed E-state index contributed by atoms with van der Waals surface area (Å²) in [6.07, 6.45) is 7.52. The maximum absolute atomic E-state index is 6.01. The Morgan fingerprint density at radius 2 is 2.05 bits per heavy atom. The lowest BCUT2D eigenvalue weighted by atomic mass is 9.77. The summed E-state index contributed by atoms with van der Waals surface area (Å²) in [6, 6.07) is 10.6. The van der Waals surface area contributed by atoms with Crippen molar-refractivity contribution < 1.29 is 4.74 Å². The largest absolute Gasteiger partial charge is 0.495 e. The molecule has 0 amide bonds. The Morgan fingerprint density at radius 3 is 2.68 bits per heavy atom. The maximum atomic E-state index is 6.01. The molecule has 0 aliphatic heterocycles. The molecule has 1 aliphatic carbocycles. The first kappa shape index (κ1) is 15.3. The highest BCUT2D eigenvalue weighted by atomic mass is 35.5. The van der Waals surface area contributed by atoms with Crippen molar-refractivity contribution >= 4 is 11.6 Å². The van der Waals surface area contributed by atoms with Gasteiger partial charge in [-0.3, -0.25) is 4.98 Å². The Bertz CT molecular complexity index is 611. The molecule has 0 saturated heterocycles. The van der Waals surface area contributed by atoms with Gasteiger partial charge in [-0.2, -0.15) is 0 Å². The molecule has 1 heterocycles. The molecule has 1 aromatic heterocycles. The van der Waals surface area contributed by atoms with Gasteiger partial charge < -0.3 is 10.1 Å². The topological polar surface area (TPSA) is 34.1 Å². The lowest BCUT2D eigenvalue weighted by Crippen LogP contribution is -2.31. The Morgan fingerprint density at radius 1 is 1.27 bits per heavy atom. The van der Waals surface area contributed by atoms with E-state index >= 15 is 0 Å². The molecule has 1 fully saturated rings. The van der Waals surface area contributed by atoms with Crippen molar-refractivity contribution in [1.82, 2.24) is 10.3 Å². The van der Waals surface area contributed by atoms with Gasteiger partial charge in [0.1, 0.15) is 5.75 Å². The molecule has 22 heavy (non-hydrogen) atoms. The van der Waals surface area contributed by atoms with Crippen LogP contribution in [0.3, 0.4) is 0 Å². The third-order valence-corrected chi connectivity index (χ3v) is 4.63. The van der Waals surface area contributed by atoms with Crippen molar-refractivity contribution in [3.05, 3.63) is 58.9 Å². The number of hydrogen-bond acceptors (Lipinski definition) is 3. The van der Waals surface area contributed by atoms with Crippen LogP contribution < -0.4 is 10.1 Å². The SMILES string of the molecule is COc1cncc(CNC(c2ccc(Cl)cc2)C2CCC2)c1. The molecule has 3 rings (SSSR count). The average Bonchev–Trinajstić information content (AvgIpc) is 2.50. The van der Waals surface area contributed by atoms with Gasteiger partial charge in [0.15, 0.2) is 0 Å². The molecule has 0 spiro atoms. The van der Waals surface area contributed by atoms with Gasteiger partial charge in [-0.15, -0.1) is 0 Å². The smallest absolute Gasteiger partial charge is 0.137 e. The zero-order valence-corrected chi connectivity index (χ0v) is 13.5. The van der Waals surface area contributed by atoms with E-state index in [1.807, 2.05) is 24.4 Å². The fraction of sp³-hybridized carbons (Fsp3) is 0.389. The van der Waals surface area contributed by atoms with Gasteiger partial charge in [-0.25, -0.2) is 0 Å². The number of nitrogens with zero attached hydrogens (tertiary/aromatic N) is 1. The average molecular weight is 317 g/mol. The highest BCUT2D eigenvalue weighted by molar-refractivity contribution is 6.30. The monoisotopic (exact) mass is 316 g/mol. The standard InChI is InChI=1S/C18H21ClN2O/c1-22-17-9-13(10-20-12-17)11-21-18(14-3-2-4-14)15-5-7-16(19)8-6-15/h5-10,12,14,18,21H,2-4,11H2,1H3. The number of halogens is 1. The van der Waals surface area contributed by atoms with E-state index in [1.54, 1.807) is 13.3 Å². The van der Waals surface area contributed by atoms with Crippen molar-refractivity contribution in [2.75, 3.05) is 7.11 Å². The maximum Gasteiger partial charge on any atom is 0.137 e. The summed E-state index contributed by atoms with van der Waals surface area (Å²) in [5.41, 5.74) is 2.45. The Kier molecular flexibility index (Phi) is 4.96. The quantitative estimate of drug-likeness (QED) is 0.859. The highest BCUT2D eigenvalue weighted by Crippen LogP contribution is 2.38. The van der Waals surface area contributed by atoms with Crippen LogP contribution in [0.4, 0.5) is 0 Å². The number of rotatable bonds is 6. The molecule has 0 radical (unpaired) electrons. The number of hydrogen-bond donors (Lipinski definition) is 1. The molecular weight excluding hydrogens is 296 g/mol. The van der Waals surface area contributed by atoms with Crippen LogP contribution in [-0.2, 0) is 6.54 Å². The Balaban J connectivity index is 1.71. The number of nitrogens with one attached hydrogen (secondary N) is 1. The second kappa shape index (κ2) is 7.12. The van der Waals surface area contributed by atoms with Crippen molar-refractivity contribution in [2.24, 2.45) is 5.92 Å². The van der Waals surface area contributed by atoms with Crippen LogP contribution in [0.5, 0.6) is 5.75 Å². The summed E-state index contributed by atoms with van der Waals surface area (Å²) in [6.45, 7) is 0.786. The fourth-order valence-electron chi connectivity index (χ4n) is 2.90. The van der Waals surface area contributed by atoms with Crippen LogP contribution in [0.15, 0.2) is 42.7 Å². The van der Waals surface area contributed by atoms with Gasteiger partial charge in [0.05, 0.1) is 13.3 Å². The minimum Gasteiger partial charge on any atom is -0.495 e. The fourth-order valence-corrected chi connectivity index (χ4v) is 3.03. The van der Waals surface area contributed by atoms with Gasteiger partial charge in [0.2, 0.25) is 0 Å². The predicted octanol–water partition coefficient (Wildman–Crippen LogP) is 4.37. The lowest BCUT2D eigenvalue weighted by molar-refractivity contribution is 0.229. The van der Waals surface area contributed by atoms with Crippen LogP contribution in [0, 0.1) is 5.92 Å². The van der Waals surface area contributed by atoms with Crippen LogP contribution in [-0.4, -0.2) is 12.1 Å². The summed E-state index contributed by atoms with van der Waals surface area (Å²) in [7, 11) is 1.67. The van der Waals surface area contributed by atoms with E-state index in [4.69, 9.17) is 16.3 Å². The highest BCUT2D eigenvalue weighted by Gasteiger charge is 2.28. The summed E-state index contributed by atoms with van der Waals surface area (Å²) >= 11 is 6.01. The Hall–Kier alpha value is -1.58. The normalized spacial score (nSPS) is 16.1. The molecule has 1 saturated carbocycles. The van der Waals surface area contributed by atoms with E-state index < -0.39 is 0 Å². The zero-order chi connectivity index (χ0) is 15.4. The molecule has 1 aliphatic rings. The van der Waals surface area contributed by atoms with Crippen LogP contribution >= 0.6 is 11.6 Å². The molecule has 1 unspecified atom stereocenters. The van der Waals surface area contributed by atoms with Gasteiger partial charge in [-0.1, -0.05) is 30.2 Å². The van der Waals surface area contributed by atoms with Crippen molar-refractivity contribution in [3.63, 3.8) is 0 Å². The summed E-state index contributed by atoms with van der Waals surface area (Å²) in [4.78, 5) is 4.21. The van der Waals surface area contributed by atoms with Crippen LogP contribution in [0.2, 0.25) is 5.02 Å². The number of pyridine rings is 1. The van der Waals surface area contributed by atoms with E-state index in [9.17, 15) is 0 Å². The van der Waals surface area contributed by atoms with Crippen LogP contribution in [0.1, 0.15) is 36.4 Å². The van der Waals surface area contributed by atoms with E-state index in [1.165, 1.54) is 24.8 Å². The van der Waals surface area contributed by atoms with E-state index in [-0.39, 0.29) is 0 Å². The summed E-state index contributed by atoms with van der Waals surface area (Å²) < 4.78 is 5.23. The number of aromatic nitrogens is 1. The van der Waals surface area contributed by atoms with E-state index in [2.05, 4.69) is 22.4 Å². The van der Waals surface area contributed by atoms with Crippen molar-refractivity contribution in [2.45, 2.75) is 31.8 Å². The molecule has 1 aromatic carbocycles. The molecule has 3 nitrogen and oxygen atoms in total. The first-order chi connectivity index (χ1) is 10.8. The lowest BCUT2D eigenvalue weighted by Gasteiger charge is -2.35. The van der Waals surface area contributed by atoms with Gasteiger partial charge in [-0.05, 0) is 48.1 Å². The van der Waals surface area contributed by atoms with Crippen molar-refractivity contribution in [3.8, 4) is 5.75 Å². The number of benzene rings is 1. The third-order valence-electron chi connectivity index (χ3n) is 4.38. The summed E-state index contributed by atoms with van der Waals surface area (Å²) in [5.74, 6) is 1.51. The van der Waals surface area contributed by atoms with Gasteiger partial charge in [0.25, 0.3) is 0 Å². The van der Waals surface area contributed by atoms with Gasteiger partial charge in [0, 0.05) is 23.8 Å². The molecule has 1 atom stereocenters. The first-order valence-corrected chi connectivity index (χ1v) is 8.11. The van der Waals surface area contributed by atoms with Crippen molar-refractivity contribution in [1.29, 1.82) is 0 Å². The molecule has 0 bridgehead atoms. The van der Waals surface area contributed by atoms with E-state index in [0.717, 1.165) is 22.9 Å². The van der Waals surface area contributed by atoms with Crippen LogP contribution in [0.25, 0.3) is 0 Å². The zero-order valence-electron chi connectivity index (χ0n) is 12.8. The molecule has 4 heteroatoms. The molecule has 2 aromatic rings. The molecular formula is C18H21ClN2O. The first-order valence-electron chi connectivity index (χ1n) is 7.73.